The molecule has 2 aliphatic rings. The number of carboxylic acid groups (broad SMARTS) is 1. The molecule has 1 aliphatic carbocycles. The van der Waals surface area contributed by atoms with Gasteiger partial charge in [-0.3, -0.25) is 4.79 Å². The van der Waals surface area contributed by atoms with Crippen molar-refractivity contribution < 1.29 is 19.0 Å². The number of halogens is 1. The van der Waals surface area contributed by atoms with Gasteiger partial charge >= 0.3 is 5.97 Å². The Balaban J connectivity index is 1.81. The maximum absolute atomic E-state index is 15.0. The standard InChI is InChI=1S/C20H15FN2O4S/c1-27-10-4-5-14-15(6-10)28-19-13(21)7-11-17(16(19)22-14)23(9-2-3-9)8-12(18(11)24)20(25)26/h4-9,22H,2-3H2,1H3,(H,25,26). The van der Waals surface area contributed by atoms with Crippen molar-refractivity contribution in [2.45, 2.75) is 28.7 Å². The van der Waals surface area contributed by atoms with E-state index in [1.54, 1.807) is 17.7 Å². The SMILES string of the molecule is COc1ccc2c(c1)Sc1c(F)cc3c(=O)c(C(=O)O)cn(C4CC4)c3c1N2. The number of carbonyl (C=O) groups is 1. The summed E-state index contributed by atoms with van der Waals surface area (Å²) < 4.78 is 22.0. The van der Waals surface area contributed by atoms with Gasteiger partial charge in [0.25, 0.3) is 0 Å². The number of nitrogens with zero attached hydrogens (tertiary/aromatic N) is 1. The monoisotopic (exact) mass is 398 g/mol. The first kappa shape index (κ1) is 17.1. The smallest absolute Gasteiger partial charge is 0.341 e. The lowest BCUT2D eigenvalue weighted by Crippen LogP contribution is -2.20. The average Bonchev–Trinajstić information content (AvgIpc) is 3.52. The van der Waals surface area contributed by atoms with Gasteiger partial charge < -0.3 is 19.7 Å². The van der Waals surface area contributed by atoms with Gasteiger partial charge in [0.05, 0.1) is 34.3 Å². The Bertz CT molecular complexity index is 1230. The molecule has 1 saturated carbocycles. The van der Waals surface area contributed by atoms with E-state index in [0.29, 0.717) is 21.8 Å². The van der Waals surface area contributed by atoms with Gasteiger partial charge in [0, 0.05) is 17.1 Å². The Morgan fingerprint density at radius 1 is 1.36 bits per heavy atom. The van der Waals surface area contributed by atoms with E-state index in [0.717, 1.165) is 29.5 Å². The van der Waals surface area contributed by atoms with Crippen molar-refractivity contribution in [3.63, 3.8) is 0 Å². The van der Waals surface area contributed by atoms with Crippen LogP contribution in [0.3, 0.4) is 0 Å². The van der Waals surface area contributed by atoms with E-state index < -0.39 is 17.2 Å². The molecule has 142 valence electrons. The van der Waals surface area contributed by atoms with Crippen LogP contribution in [0.4, 0.5) is 15.8 Å². The van der Waals surface area contributed by atoms with Gasteiger partial charge in [-0.05, 0) is 37.1 Å². The number of methoxy groups -OCH3 is 1. The van der Waals surface area contributed by atoms with Crippen molar-refractivity contribution in [2.24, 2.45) is 0 Å². The third kappa shape index (κ3) is 2.48. The normalized spacial score (nSPS) is 14.9. The molecule has 1 aromatic heterocycles. The van der Waals surface area contributed by atoms with Crippen LogP contribution >= 0.6 is 11.8 Å². The molecule has 2 heterocycles. The Morgan fingerprint density at radius 2 is 2.14 bits per heavy atom. The molecule has 0 bridgehead atoms. The van der Waals surface area contributed by atoms with Crippen LogP contribution in [-0.2, 0) is 0 Å². The molecule has 0 spiro atoms. The maximum atomic E-state index is 15.0. The summed E-state index contributed by atoms with van der Waals surface area (Å²) in [5.74, 6) is -1.20. The van der Waals surface area contributed by atoms with E-state index in [9.17, 15) is 19.1 Å². The molecule has 6 nitrogen and oxygen atoms in total. The fourth-order valence-corrected chi connectivity index (χ4v) is 4.57. The summed E-state index contributed by atoms with van der Waals surface area (Å²) >= 11 is 1.26. The van der Waals surface area contributed by atoms with Crippen molar-refractivity contribution in [3.8, 4) is 5.75 Å². The van der Waals surface area contributed by atoms with Crippen molar-refractivity contribution >= 4 is 40.0 Å². The maximum Gasteiger partial charge on any atom is 0.341 e. The highest BCUT2D eigenvalue weighted by molar-refractivity contribution is 7.99. The minimum Gasteiger partial charge on any atom is -0.497 e. The first-order valence-electron chi connectivity index (χ1n) is 8.75. The summed E-state index contributed by atoms with van der Waals surface area (Å²) in [5.41, 5.74) is 0.810. The number of rotatable bonds is 3. The summed E-state index contributed by atoms with van der Waals surface area (Å²) in [5, 5.41) is 12.7. The van der Waals surface area contributed by atoms with Gasteiger partial charge in [0.2, 0.25) is 5.43 Å². The molecule has 0 amide bonds. The number of carboxylic acids is 1. The zero-order chi connectivity index (χ0) is 19.6. The molecule has 5 rings (SSSR count). The van der Waals surface area contributed by atoms with Crippen molar-refractivity contribution in [1.82, 2.24) is 4.57 Å². The minimum absolute atomic E-state index is 0.0770. The van der Waals surface area contributed by atoms with Gasteiger partial charge in [-0.15, -0.1) is 0 Å². The van der Waals surface area contributed by atoms with E-state index in [4.69, 9.17) is 4.74 Å². The molecule has 28 heavy (non-hydrogen) atoms. The molecule has 0 atom stereocenters. The first-order valence-corrected chi connectivity index (χ1v) is 9.57. The number of aromatic carboxylic acids is 1. The van der Waals surface area contributed by atoms with E-state index in [-0.39, 0.29) is 17.0 Å². The minimum atomic E-state index is -1.31. The van der Waals surface area contributed by atoms with Crippen molar-refractivity contribution in [3.05, 3.63) is 52.1 Å². The molecular weight excluding hydrogens is 383 g/mol. The highest BCUT2D eigenvalue weighted by Crippen LogP contribution is 2.50. The predicted molar refractivity (Wildman–Crippen MR) is 104 cm³/mol. The Morgan fingerprint density at radius 3 is 2.82 bits per heavy atom. The van der Waals surface area contributed by atoms with Gasteiger partial charge in [-0.2, -0.15) is 0 Å². The van der Waals surface area contributed by atoms with Crippen LogP contribution in [0.25, 0.3) is 10.9 Å². The largest absolute Gasteiger partial charge is 0.497 e. The molecular formula is C20H15FN2O4S. The van der Waals surface area contributed by atoms with Gasteiger partial charge in [0.1, 0.15) is 17.1 Å². The zero-order valence-electron chi connectivity index (χ0n) is 14.8. The summed E-state index contributed by atoms with van der Waals surface area (Å²) in [6.45, 7) is 0. The van der Waals surface area contributed by atoms with Gasteiger partial charge in [0.15, 0.2) is 0 Å². The molecule has 1 fully saturated rings. The van der Waals surface area contributed by atoms with Crippen LogP contribution in [-0.4, -0.2) is 22.8 Å². The second-order valence-electron chi connectivity index (χ2n) is 6.86. The molecule has 0 unspecified atom stereocenters. The van der Waals surface area contributed by atoms with Crippen LogP contribution in [0.15, 0.2) is 45.0 Å². The van der Waals surface area contributed by atoms with Gasteiger partial charge in [-0.25, -0.2) is 9.18 Å². The van der Waals surface area contributed by atoms with E-state index in [2.05, 4.69) is 5.32 Å². The average molecular weight is 398 g/mol. The Kier molecular flexibility index (Phi) is 3.67. The summed E-state index contributed by atoms with van der Waals surface area (Å²) in [6.07, 6.45) is 3.17. The van der Waals surface area contributed by atoms with Crippen LogP contribution in [0.1, 0.15) is 29.2 Å². The lowest BCUT2D eigenvalue weighted by atomic mass is 10.1. The number of hydrogen-bond donors (Lipinski definition) is 2. The van der Waals surface area contributed by atoms with Crippen molar-refractivity contribution in [2.75, 3.05) is 12.4 Å². The zero-order valence-corrected chi connectivity index (χ0v) is 15.6. The number of hydrogen-bond acceptors (Lipinski definition) is 5. The van der Waals surface area contributed by atoms with Crippen LogP contribution < -0.4 is 15.5 Å². The highest BCUT2D eigenvalue weighted by Gasteiger charge is 2.31. The van der Waals surface area contributed by atoms with E-state index in [1.165, 1.54) is 18.0 Å². The molecule has 0 radical (unpaired) electrons. The summed E-state index contributed by atoms with van der Waals surface area (Å²) in [7, 11) is 1.57. The van der Waals surface area contributed by atoms with E-state index >= 15 is 0 Å². The number of nitrogens with one attached hydrogen (secondary N) is 1. The Hall–Kier alpha value is -3.00. The third-order valence-corrected chi connectivity index (χ3v) is 6.21. The molecule has 2 N–H and O–H groups in total. The van der Waals surface area contributed by atoms with Crippen LogP contribution in [0.5, 0.6) is 5.75 Å². The fraction of sp³-hybridized carbons (Fsp3) is 0.200. The van der Waals surface area contributed by atoms with Gasteiger partial charge in [-0.1, -0.05) is 11.8 Å². The van der Waals surface area contributed by atoms with Crippen LogP contribution in [0.2, 0.25) is 0 Å². The molecule has 1 aliphatic heterocycles. The Labute approximate surface area is 162 Å². The summed E-state index contributed by atoms with van der Waals surface area (Å²) in [6, 6.07) is 6.73. The van der Waals surface area contributed by atoms with Crippen molar-refractivity contribution in [1.29, 1.82) is 0 Å². The highest BCUT2D eigenvalue weighted by atomic mass is 32.2. The van der Waals surface area contributed by atoms with E-state index in [1.807, 2.05) is 12.1 Å². The second kappa shape index (κ2) is 6.00. The molecule has 3 aromatic rings. The lowest BCUT2D eigenvalue weighted by Gasteiger charge is -2.25. The third-order valence-electron chi connectivity index (χ3n) is 5.05. The number of benzene rings is 2. The lowest BCUT2D eigenvalue weighted by molar-refractivity contribution is 0.0695. The number of pyridine rings is 1. The number of anilines is 2. The summed E-state index contributed by atoms with van der Waals surface area (Å²) in [4.78, 5) is 25.4. The number of fused-ring (bicyclic) bond motifs is 4. The molecule has 8 heteroatoms. The molecule has 0 saturated heterocycles. The first-order chi connectivity index (χ1) is 13.5. The quantitative estimate of drug-likeness (QED) is 0.533. The number of aromatic nitrogens is 1. The topological polar surface area (TPSA) is 80.6 Å². The molecule has 2 aromatic carbocycles. The van der Waals surface area contributed by atoms with Crippen LogP contribution in [0, 0.1) is 5.82 Å². The second-order valence-corrected chi connectivity index (χ2v) is 7.92. The number of ether oxygens (including phenoxy) is 1. The fourth-order valence-electron chi connectivity index (χ4n) is 3.54. The predicted octanol–water partition coefficient (Wildman–Crippen LogP) is 4.39.